The molecule has 1 aromatic heterocycles. The van der Waals surface area contributed by atoms with Gasteiger partial charge in [-0.1, -0.05) is 17.8 Å². The number of thioether (sulfide) groups is 1. The summed E-state index contributed by atoms with van der Waals surface area (Å²) in [6.07, 6.45) is 1.62. The van der Waals surface area contributed by atoms with Crippen LogP contribution in [0.2, 0.25) is 0 Å². The van der Waals surface area contributed by atoms with Crippen LogP contribution in [0.15, 0.2) is 17.8 Å². The lowest BCUT2D eigenvalue weighted by molar-refractivity contribution is -0.118. The smallest absolute Gasteiger partial charge is 0.230 e. The molecule has 0 aliphatic heterocycles. The lowest BCUT2D eigenvalue weighted by Crippen LogP contribution is -2.24. The van der Waals surface area contributed by atoms with Crippen molar-refractivity contribution in [1.82, 2.24) is 20.5 Å². The van der Waals surface area contributed by atoms with Crippen LogP contribution in [-0.2, 0) is 4.79 Å². The van der Waals surface area contributed by atoms with Gasteiger partial charge in [0.15, 0.2) is 0 Å². The van der Waals surface area contributed by atoms with Gasteiger partial charge in [0.2, 0.25) is 17.0 Å². The number of H-pyrrole nitrogens is 1. The van der Waals surface area contributed by atoms with E-state index >= 15 is 0 Å². The van der Waals surface area contributed by atoms with E-state index in [1.54, 1.807) is 6.08 Å². The minimum Gasteiger partial charge on any atom is -0.368 e. The third-order valence-electron chi connectivity index (χ3n) is 1.26. The summed E-state index contributed by atoms with van der Waals surface area (Å²) < 4.78 is 0. The number of hydrogen-bond donors (Lipinski definition) is 3. The number of rotatable bonds is 5. The molecule has 0 radical (unpaired) electrons. The Kier molecular flexibility index (Phi) is 3.99. The number of aromatic nitrogens is 3. The van der Waals surface area contributed by atoms with Gasteiger partial charge in [0.25, 0.3) is 0 Å². The van der Waals surface area contributed by atoms with Crippen molar-refractivity contribution in [1.29, 1.82) is 0 Å². The Morgan fingerprint density at radius 2 is 2.57 bits per heavy atom. The van der Waals surface area contributed by atoms with Crippen molar-refractivity contribution in [3.63, 3.8) is 0 Å². The Morgan fingerprint density at radius 3 is 3.14 bits per heavy atom. The van der Waals surface area contributed by atoms with Crippen LogP contribution >= 0.6 is 11.8 Å². The van der Waals surface area contributed by atoms with Gasteiger partial charge in [-0.3, -0.25) is 4.79 Å². The van der Waals surface area contributed by atoms with E-state index in [1.165, 1.54) is 11.8 Å². The van der Waals surface area contributed by atoms with E-state index in [-0.39, 0.29) is 17.6 Å². The molecule has 0 atom stereocenters. The van der Waals surface area contributed by atoms with Gasteiger partial charge in [-0.25, -0.2) is 5.10 Å². The first kappa shape index (κ1) is 10.6. The fourth-order valence-electron chi connectivity index (χ4n) is 0.690. The summed E-state index contributed by atoms with van der Waals surface area (Å²) in [6.45, 7) is 3.95. The van der Waals surface area contributed by atoms with Crippen molar-refractivity contribution < 1.29 is 4.79 Å². The molecule has 0 saturated carbocycles. The van der Waals surface area contributed by atoms with Crippen molar-refractivity contribution in [2.75, 3.05) is 18.0 Å². The Bertz CT molecular complexity index is 324. The molecule has 1 heterocycles. The van der Waals surface area contributed by atoms with Gasteiger partial charge in [0.05, 0.1) is 5.75 Å². The van der Waals surface area contributed by atoms with Crippen LogP contribution in [-0.4, -0.2) is 33.4 Å². The van der Waals surface area contributed by atoms with Crippen LogP contribution in [0.5, 0.6) is 0 Å². The molecule has 0 aliphatic rings. The van der Waals surface area contributed by atoms with Crippen LogP contribution in [0.25, 0.3) is 0 Å². The van der Waals surface area contributed by atoms with Gasteiger partial charge in [0, 0.05) is 6.54 Å². The molecule has 1 amide bonds. The summed E-state index contributed by atoms with van der Waals surface area (Å²) in [5.74, 6) is 0.433. The highest BCUT2D eigenvalue weighted by Gasteiger charge is 2.04. The molecule has 0 bridgehead atoms. The molecule has 4 N–H and O–H groups in total. The Balaban J connectivity index is 2.26. The molecule has 1 aromatic rings. The van der Waals surface area contributed by atoms with Crippen LogP contribution in [0.3, 0.4) is 0 Å². The zero-order valence-electron chi connectivity index (χ0n) is 7.49. The molecule has 0 spiro atoms. The summed E-state index contributed by atoms with van der Waals surface area (Å²) in [5.41, 5.74) is 5.31. The van der Waals surface area contributed by atoms with Crippen molar-refractivity contribution >= 4 is 23.6 Å². The Hall–Kier alpha value is -1.50. The fourth-order valence-corrected chi connectivity index (χ4v) is 1.33. The molecule has 1 rings (SSSR count). The third kappa shape index (κ3) is 3.48. The summed E-state index contributed by atoms with van der Waals surface area (Å²) in [4.78, 5) is 14.9. The molecule has 7 heteroatoms. The second-order valence-electron chi connectivity index (χ2n) is 2.38. The molecule has 14 heavy (non-hydrogen) atoms. The maximum absolute atomic E-state index is 11.1. The van der Waals surface area contributed by atoms with Gasteiger partial charge >= 0.3 is 0 Å². The highest BCUT2D eigenvalue weighted by Crippen LogP contribution is 2.11. The molecule has 6 nitrogen and oxygen atoms in total. The number of nitrogen functional groups attached to an aromatic ring is 1. The SMILES string of the molecule is C=CCNC(=O)CSc1n[nH]c(N)n1. The number of carbonyl (C=O) groups excluding carboxylic acids is 1. The van der Waals surface area contributed by atoms with Gasteiger partial charge in [-0.2, -0.15) is 4.98 Å². The molecule has 0 saturated heterocycles. The summed E-state index contributed by atoms with van der Waals surface area (Å²) in [5, 5.41) is 9.36. The topological polar surface area (TPSA) is 96.7 Å². The lowest BCUT2D eigenvalue weighted by atomic mass is 10.6. The normalized spacial score (nSPS) is 9.71. The van der Waals surface area contributed by atoms with E-state index in [0.717, 1.165) is 0 Å². The average molecular weight is 213 g/mol. The largest absolute Gasteiger partial charge is 0.368 e. The molecule has 0 aromatic carbocycles. The lowest BCUT2D eigenvalue weighted by Gasteiger charge is -1.98. The Morgan fingerprint density at radius 1 is 1.79 bits per heavy atom. The number of nitrogens with one attached hydrogen (secondary N) is 2. The number of amides is 1. The highest BCUT2D eigenvalue weighted by molar-refractivity contribution is 7.99. The maximum Gasteiger partial charge on any atom is 0.230 e. The number of aromatic amines is 1. The van der Waals surface area contributed by atoms with Crippen LogP contribution in [0.1, 0.15) is 0 Å². The second kappa shape index (κ2) is 5.28. The number of nitrogens with zero attached hydrogens (tertiary/aromatic N) is 2. The molecule has 0 unspecified atom stereocenters. The number of hydrogen-bond acceptors (Lipinski definition) is 5. The average Bonchev–Trinajstić information content (AvgIpc) is 2.58. The van der Waals surface area contributed by atoms with E-state index < -0.39 is 0 Å². The van der Waals surface area contributed by atoms with E-state index in [1.807, 2.05) is 0 Å². The van der Waals surface area contributed by atoms with E-state index in [2.05, 4.69) is 27.1 Å². The van der Waals surface area contributed by atoms with Gasteiger partial charge in [-0.15, -0.1) is 11.7 Å². The van der Waals surface area contributed by atoms with Crippen LogP contribution in [0.4, 0.5) is 5.95 Å². The zero-order valence-corrected chi connectivity index (χ0v) is 8.30. The second-order valence-corrected chi connectivity index (χ2v) is 3.33. The molecule has 0 fully saturated rings. The summed E-state index contributed by atoms with van der Waals surface area (Å²) in [7, 11) is 0. The van der Waals surface area contributed by atoms with Gasteiger partial charge in [-0.05, 0) is 0 Å². The molecule has 0 aliphatic carbocycles. The van der Waals surface area contributed by atoms with Crippen molar-refractivity contribution in [3.05, 3.63) is 12.7 Å². The molecular weight excluding hydrogens is 202 g/mol. The minimum absolute atomic E-state index is 0.0849. The van der Waals surface area contributed by atoms with Gasteiger partial charge < -0.3 is 11.1 Å². The quantitative estimate of drug-likeness (QED) is 0.464. The van der Waals surface area contributed by atoms with E-state index in [9.17, 15) is 4.79 Å². The predicted molar refractivity (Wildman–Crippen MR) is 54.7 cm³/mol. The fraction of sp³-hybridized carbons (Fsp3) is 0.286. The first-order valence-electron chi connectivity index (χ1n) is 3.90. The van der Waals surface area contributed by atoms with Crippen molar-refractivity contribution in [2.24, 2.45) is 0 Å². The van der Waals surface area contributed by atoms with E-state index in [0.29, 0.717) is 11.7 Å². The minimum atomic E-state index is -0.0849. The monoisotopic (exact) mass is 213 g/mol. The predicted octanol–water partition coefficient (Wildman–Crippen LogP) is -0.219. The molecular formula is C7H11N5OS. The van der Waals surface area contributed by atoms with Crippen LogP contribution < -0.4 is 11.1 Å². The first-order chi connectivity index (χ1) is 6.72. The van der Waals surface area contributed by atoms with Crippen molar-refractivity contribution in [3.8, 4) is 0 Å². The summed E-state index contributed by atoms with van der Waals surface area (Å²) in [6, 6.07) is 0. The van der Waals surface area contributed by atoms with Crippen LogP contribution in [0, 0.1) is 0 Å². The summed E-state index contributed by atoms with van der Waals surface area (Å²) >= 11 is 1.22. The number of carbonyl (C=O) groups is 1. The zero-order chi connectivity index (χ0) is 10.4. The maximum atomic E-state index is 11.1. The third-order valence-corrected chi connectivity index (χ3v) is 2.11. The Labute approximate surface area is 85.4 Å². The van der Waals surface area contributed by atoms with Crippen molar-refractivity contribution in [2.45, 2.75) is 5.16 Å². The number of nitrogens with two attached hydrogens (primary N) is 1. The number of anilines is 1. The molecule has 76 valence electrons. The van der Waals surface area contributed by atoms with Gasteiger partial charge in [0.1, 0.15) is 0 Å². The highest BCUT2D eigenvalue weighted by atomic mass is 32.2. The first-order valence-corrected chi connectivity index (χ1v) is 4.89. The standard InChI is InChI=1S/C7H11N5OS/c1-2-3-9-5(13)4-14-7-10-6(8)11-12-7/h2H,1,3-4H2,(H,9,13)(H3,8,10,11,12). The van der Waals surface area contributed by atoms with E-state index in [4.69, 9.17) is 5.73 Å².